The van der Waals surface area contributed by atoms with Gasteiger partial charge in [-0.15, -0.1) is 0 Å². The zero-order valence-electron chi connectivity index (χ0n) is 16.5. The Morgan fingerprint density at radius 2 is 2.00 bits per heavy atom. The standard InChI is InChI=1S/C21H31N5O/c1-3-4-9-23-20-14-18(24-21(22)25-20)12-16-7-8-17(19(13-16)27-2)15-26-10-5-6-11-26/h7-8,13-14H,3-6,9-12,15H2,1-2H3,(H3,22,23,24,25). The summed E-state index contributed by atoms with van der Waals surface area (Å²) in [6, 6.07) is 8.44. The molecule has 2 heterocycles. The zero-order chi connectivity index (χ0) is 19.1. The van der Waals surface area contributed by atoms with Crippen molar-refractivity contribution in [1.29, 1.82) is 0 Å². The third kappa shape index (κ3) is 5.57. The molecule has 0 amide bonds. The number of nitrogens with zero attached hydrogens (tertiary/aromatic N) is 3. The van der Waals surface area contributed by atoms with Crippen LogP contribution in [0.25, 0.3) is 0 Å². The highest BCUT2D eigenvalue weighted by molar-refractivity contribution is 5.43. The number of nitrogens with one attached hydrogen (secondary N) is 1. The molecule has 0 spiro atoms. The van der Waals surface area contributed by atoms with Crippen molar-refractivity contribution in [3.63, 3.8) is 0 Å². The van der Waals surface area contributed by atoms with Gasteiger partial charge < -0.3 is 15.8 Å². The molecule has 1 fully saturated rings. The maximum absolute atomic E-state index is 5.90. The Kier molecular flexibility index (Phi) is 6.87. The summed E-state index contributed by atoms with van der Waals surface area (Å²) in [5.41, 5.74) is 9.21. The fourth-order valence-electron chi connectivity index (χ4n) is 3.51. The molecule has 146 valence electrons. The molecule has 3 N–H and O–H groups in total. The van der Waals surface area contributed by atoms with Gasteiger partial charge in [-0.1, -0.05) is 25.5 Å². The van der Waals surface area contributed by atoms with Crippen LogP contribution in [0.1, 0.15) is 49.4 Å². The Hall–Kier alpha value is -2.34. The minimum Gasteiger partial charge on any atom is -0.496 e. The van der Waals surface area contributed by atoms with E-state index in [0.29, 0.717) is 12.4 Å². The second-order valence-corrected chi connectivity index (χ2v) is 7.19. The predicted octanol–water partition coefficient (Wildman–Crippen LogP) is 3.47. The van der Waals surface area contributed by atoms with E-state index in [9.17, 15) is 0 Å². The monoisotopic (exact) mass is 369 g/mol. The van der Waals surface area contributed by atoms with Gasteiger partial charge >= 0.3 is 0 Å². The van der Waals surface area contributed by atoms with Gasteiger partial charge in [0, 0.05) is 31.1 Å². The molecule has 1 aliphatic rings. The van der Waals surface area contributed by atoms with E-state index in [1.807, 2.05) is 6.07 Å². The number of hydrogen-bond acceptors (Lipinski definition) is 6. The Labute approximate surface area is 162 Å². The lowest BCUT2D eigenvalue weighted by Gasteiger charge is -2.17. The molecular weight excluding hydrogens is 338 g/mol. The molecule has 0 unspecified atom stereocenters. The Balaban J connectivity index is 1.71. The van der Waals surface area contributed by atoms with Crippen molar-refractivity contribution in [2.24, 2.45) is 0 Å². The fourth-order valence-corrected chi connectivity index (χ4v) is 3.51. The average molecular weight is 370 g/mol. The molecule has 0 radical (unpaired) electrons. The van der Waals surface area contributed by atoms with Gasteiger partial charge in [-0.2, -0.15) is 4.98 Å². The zero-order valence-corrected chi connectivity index (χ0v) is 16.5. The van der Waals surface area contributed by atoms with E-state index in [0.717, 1.165) is 48.8 Å². The lowest BCUT2D eigenvalue weighted by molar-refractivity contribution is 0.321. The number of hydrogen-bond donors (Lipinski definition) is 2. The summed E-state index contributed by atoms with van der Waals surface area (Å²) in [5.74, 6) is 2.05. The molecule has 1 aromatic carbocycles. The first-order chi connectivity index (χ1) is 13.2. The van der Waals surface area contributed by atoms with Crippen molar-refractivity contribution < 1.29 is 4.74 Å². The van der Waals surface area contributed by atoms with Crippen LogP contribution in [0.4, 0.5) is 11.8 Å². The first-order valence-electron chi connectivity index (χ1n) is 9.93. The third-order valence-corrected chi connectivity index (χ3v) is 4.96. The number of nitrogens with two attached hydrogens (primary N) is 1. The van der Waals surface area contributed by atoms with Crippen molar-refractivity contribution in [3.05, 3.63) is 41.1 Å². The Bertz CT molecular complexity index is 743. The molecule has 6 nitrogen and oxygen atoms in total. The summed E-state index contributed by atoms with van der Waals surface area (Å²) in [7, 11) is 1.74. The summed E-state index contributed by atoms with van der Waals surface area (Å²) in [6.07, 6.45) is 5.54. The number of nitrogen functional groups attached to an aromatic ring is 1. The maximum atomic E-state index is 5.90. The van der Waals surface area contributed by atoms with Crippen LogP contribution in [0.5, 0.6) is 5.75 Å². The van der Waals surface area contributed by atoms with E-state index in [1.54, 1.807) is 7.11 Å². The predicted molar refractivity (Wildman–Crippen MR) is 110 cm³/mol. The number of ether oxygens (including phenoxy) is 1. The normalized spacial score (nSPS) is 14.4. The van der Waals surface area contributed by atoms with Gasteiger partial charge in [-0.25, -0.2) is 4.98 Å². The molecule has 6 heteroatoms. The van der Waals surface area contributed by atoms with Crippen molar-refractivity contribution >= 4 is 11.8 Å². The number of methoxy groups -OCH3 is 1. The van der Waals surface area contributed by atoms with Crippen LogP contribution >= 0.6 is 0 Å². The summed E-state index contributed by atoms with van der Waals surface area (Å²) in [4.78, 5) is 11.2. The number of unbranched alkanes of at least 4 members (excludes halogenated alkanes) is 1. The number of anilines is 2. The van der Waals surface area contributed by atoms with Gasteiger partial charge in [0.25, 0.3) is 0 Å². The minimum absolute atomic E-state index is 0.309. The highest BCUT2D eigenvalue weighted by atomic mass is 16.5. The maximum Gasteiger partial charge on any atom is 0.222 e. The van der Waals surface area contributed by atoms with Gasteiger partial charge in [0.05, 0.1) is 12.8 Å². The molecule has 0 bridgehead atoms. The van der Waals surface area contributed by atoms with Crippen LogP contribution in [-0.4, -0.2) is 41.6 Å². The second-order valence-electron chi connectivity index (χ2n) is 7.19. The lowest BCUT2D eigenvalue weighted by atomic mass is 10.1. The summed E-state index contributed by atoms with van der Waals surface area (Å²) in [5, 5.41) is 3.32. The quantitative estimate of drug-likeness (QED) is 0.659. The summed E-state index contributed by atoms with van der Waals surface area (Å²) in [6.45, 7) is 6.38. The van der Waals surface area contributed by atoms with Crippen molar-refractivity contribution in [2.45, 2.75) is 45.6 Å². The van der Waals surface area contributed by atoms with Gasteiger partial charge in [-0.3, -0.25) is 4.90 Å². The van der Waals surface area contributed by atoms with Crippen molar-refractivity contribution in [3.8, 4) is 5.75 Å². The van der Waals surface area contributed by atoms with E-state index in [-0.39, 0.29) is 0 Å². The van der Waals surface area contributed by atoms with E-state index >= 15 is 0 Å². The third-order valence-electron chi connectivity index (χ3n) is 4.96. The minimum atomic E-state index is 0.309. The molecule has 27 heavy (non-hydrogen) atoms. The van der Waals surface area contributed by atoms with E-state index in [1.165, 1.54) is 31.5 Å². The summed E-state index contributed by atoms with van der Waals surface area (Å²) >= 11 is 0. The largest absolute Gasteiger partial charge is 0.496 e. The fraction of sp³-hybridized carbons (Fsp3) is 0.524. The average Bonchev–Trinajstić information content (AvgIpc) is 3.16. The van der Waals surface area contributed by atoms with Crippen molar-refractivity contribution in [1.82, 2.24) is 14.9 Å². The summed E-state index contributed by atoms with van der Waals surface area (Å²) < 4.78 is 5.65. The van der Waals surface area contributed by atoms with Crippen molar-refractivity contribution in [2.75, 3.05) is 37.8 Å². The molecule has 0 saturated carbocycles. The smallest absolute Gasteiger partial charge is 0.222 e. The highest BCUT2D eigenvalue weighted by Gasteiger charge is 2.15. The molecule has 0 aliphatic carbocycles. The molecule has 1 saturated heterocycles. The van der Waals surface area contributed by atoms with E-state index in [4.69, 9.17) is 10.5 Å². The van der Waals surface area contributed by atoms with E-state index in [2.05, 4.69) is 45.3 Å². The van der Waals surface area contributed by atoms with Gasteiger partial charge in [0.15, 0.2) is 0 Å². The van der Waals surface area contributed by atoms with Crippen LogP contribution in [-0.2, 0) is 13.0 Å². The van der Waals surface area contributed by atoms with Gasteiger partial charge in [0.2, 0.25) is 5.95 Å². The molecular formula is C21H31N5O. The van der Waals surface area contributed by atoms with Crippen LogP contribution in [0.2, 0.25) is 0 Å². The van der Waals surface area contributed by atoms with Crippen LogP contribution in [0.15, 0.2) is 24.3 Å². The van der Waals surface area contributed by atoms with Crippen LogP contribution in [0.3, 0.4) is 0 Å². The second kappa shape index (κ2) is 9.55. The van der Waals surface area contributed by atoms with Gasteiger partial charge in [-0.05, 0) is 44.0 Å². The Morgan fingerprint density at radius 3 is 2.74 bits per heavy atom. The van der Waals surface area contributed by atoms with Crippen LogP contribution in [0, 0.1) is 0 Å². The highest BCUT2D eigenvalue weighted by Crippen LogP contribution is 2.25. The van der Waals surface area contributed by atoms with Crippen LogP contribution < -0.4 is 15.8 Å². The number of aromatic nitrogens is 2. The number of rotatable bonds is 9. The SMILES string of the molecule is CCCCNc1cc(Cc2ccc(CN3CCCC3)c(OC)c2)nc(N)n1. The van der Waals surface area contributed by atoms with Gasteiger partial charge in [0.1, 0.15) is 11.6 Å². The molecule has 0 atom stereocenters. The van der Waals surface area contributed by atoms with E-state index < -0.39 is 0 Å². The molecule has 3 rings (SSSR count). The molecule has 1 aromatic heterocycles. The Morgan fingerprint density at radius 1 is 1.19 bits per heavy atom. The molecule has 1 aliphatic heterocycles. The number of benzene rings is 1. The molecule has 2 aromatic rings. The first kappa shape index (κ1) is 19.4. The first-order valence-corrected chi connectivity index (χ1v) is 9.93. The topological polar surface area (TPSA) is 76.3 Å². The lowest BCUT2D eigenvalue weighted by Crippen LogP contribution is -2.18. The number of likely N-dealkylation sites (tertiary alicyclic amines) is 1.